The molecule has 0 spiro atoms. The Labute approximate surface area is 141 Å². The Hall–Kier alpha value is -2.30. The molecule has 4 rings (SSSR count). The number of rotatable bonds is 2. The fourth-order valence-corrected chi connectivity index (χ4v) is 4.55. The number of carbonyl (C=O) groups is 1. The van der Waals surface area contributed by atoms with Gasteiger partial charge in [0, 0.05) is 20.5 Å². The van der Waals surface area contributed by atoms with Crippen molar-refractivity contribution in [2.75, 3.05) is 0 Å². The van der Waals surface area contributed by atoms with E-state index in [1.165, 1.54) is 23.1 Å². The van der Waals surface area contributed by atoms with E-state index in [4.69, 9.17) is 0 Å². The molecule has 0 bridgehead atoms. The molecule has 1 aromatic heterocycles. The number of carbonyl (C=O) groups excluding carboxylic acids is 1. The van der Waals surface area contributed by atoms with Crippen molar-refractivity contribution < 1.29 is 9.90 Å². The topological polar surface area (TPSA) is 37.3 Å². The van der Waals surface area contributed by atoms with Crippen LogP contribution in [-0.4, -0.2) is 10.9 Å². The van der Waals surface area contributed by atoms with Gasteiger partial charge in [-0.3, -0.25) is 4.79 Å². The third kappa shape index (κ3) is 2.50. The highest BCUT2D eigenvalue weighted by Gasteiger charge is 2.24. The predicted molar refractivity (Wildman–Crippen MR) is 97.2 cm³/mol. The van der Waals surface area contributed by atoms with E-state index in [1.54, 1.807) is 0 Å². The standard InChI is InChI=1S/C19H12O2S2/c20-18-12-6-1-3-8-14(12)22-16(18)10-5-11-17-19(21)13-7-2-4-9-15(13)23-17/h1-11,20H. The summed E-state index contributed by atoms with van der Waals surface area (Å²) in [5.74, 6) is 0.366. The van der Waals surface area contributed by atoms with Crippen molar-refractivity contribution in [1.29, 1.82) is 0 Å². The van der Waals surface area contributed by atoms with Crippen LogP contribution in [0.4, 0.5) is 0 Å². The number of thiophene rings is 1. The van der Waals surface area contributed by atoms with Gasteiger partial charge in [0.2, 0.25) is 5.78 Å². The lowest BCUT2D eigenvalue weighted by molar-refractivity contribution is 0.104. The lowest BCUT2D eigenvalue weighted by atomic mass is 10.1. The Balaban J connectivity index is 1.62. The molecular formula is C19H12O2S2. The second-order valence-electron chi connectivity index (χ2n) is 5.13. The first-order valence-corrected chi connectivity index (χ1v) is 8.78. The number of fused-ring (bicyclic) bond motifs is 2. The van der Waals surface area contributed by atoms with Crippen molar-refractivity contribution >= 4 is 45.0 Å². The maximum absolute atomic E-state index is 12.3. The molecular weight excluding hydrogens is 324 g/mol. The quantitative estimate of drug-likeness (QED) is 0.629. The Morgan fingerprint density at radius 3 is 2.61 bits per heavy atom. The average Bonchev–Trinajstić information content (AvgIpc) is 3.07. The zero-order valence-electron chi connectivity index (χ0n) is 12.0. The van der Waals surface area contributed by atoms with Gasteiger partial charge < -0.3 is 5.11 Å². The van der Waals surface area contributed by atoms with Crippen molar-refractivity contribution in [3.05, 3.63) is 76.0 Å². The molecule has 1 N–H and O–H groups in total. The Bertz CT molecular complexity index is 980. The normalized spacial score (nSPS) is 15.8. The summed E-state index contributed by atoms with van der Waals surface area (Å²) in [7, 11) is 0. The van der Waals surface area contributed by atoms with Gasteiger partial charge in [0.15, 0.2) is 0 Å². The van der Waals surface area contributed by atoms with Crippen molar-refractivity contribution in [3.8, 4) is 5.75 Å². The first-order valence-electron chi connectivity index (χ1n) is 7.14. The highest BCUT2D eigenvalue weighted by atomic mass is 32.2. The number of hydrogen-bond donors (Lipinski definition) is 1. The summed E-state index contributed by atoms with van der Waals surface area (Å²) in [4.78, 5) is 14.8. The van der Waals surface area contributed by atoms with E-state index < -0.39 is 0 Å². The average molecular weight is 336 g/mol. The zero-order valence-corrected chi connectivity index (χ0v) is 13.7. The summed E-state index contributed by atoms with van der Waals surface area (Å²) in [5, 5.41) is 11.1. The molecule has 0 atom stereocenters. The largest absolute Gasteiger partial charge is 0.506 e. The lowest BCUT2D eigenvalue weighted by Crippen LogP contribution is -1.92. The van der Waals surface area contributed by atoms with Gasteiger partial charge >= 0.3 is 0 Å². The van der Waals surface area contributed by atoms with Gasteiger partial charge in [-0.05, 0) is 36.4 Å². The monoisotopic (exact) mass is 336 g/mol. The molecule has 3 aromatic rings. The van der Waals surface area contributed by atoms with E-state index in [9.17, 15) is 9.90 Å². The van der Waals surface area contributed by atoms with Crippen LogP contribution in [0.1, 0.15) is 15.2 Å². The van der Waals surface area contributed by atoms with E-state index in [-0.39, 0.29) is 5.78 Å². The first-order chi connectivity index (χ1) is 11.2. The second kappa shape index (κ2) is 5.72. The minimum absolute atomic E-state index is 0.0656. The predicted octanol–water partition coefficient (Wildman–Crippen LogP) is 5.49. The van der Waals surface area contributed by atoms with Crippen molar-refractivity contribution in [2.45, 2.75) is 4.90 Å². The van der Waals surface area contributed by atoms with Crippen LogP contribution in [0.25, 0.3) is 16.2 Å². The molecule has 2 nitrogen and oxygen atoms in total. The number of Topliss-reactive ketones (excluding diaryl/α,β-unsaturated/α-hetero) is 1. The minimum atomic E-state index is 0.0656. The SMILES string of the molecule is O=C1C(=CC=Cc2sc3ccccc3c2O)Sc2ccccc21. The fourth-order valence-electron chi connectivity index (χ4n) is 2.54. The van der Waals surface area contributed by atoms with Crippen LogP contribution in [0.15, 0.2) is 70.5 Å². The number of benzene rings is 2. The number of hydrogen-bond acceptors (Lipinski definition) is 4. The molecule has 2 aromatic carbocycles. The number of ketones is 1. The third-order valence-corrected chi connectivity index (χ3v) is 5.91. The molecule has 0 radical (unpaired) electrons. The van der Waals surface area contributed by atoms with Crippen LogP contribution >= 0.6 is 23.1 Å². The Kier molecular flexibility index (Phi) is 3.56. The first kappa shape index (κ1) is 14.3. The van der Waals surface area contributed by atoms with Crippen LogP contribution < -0.4 is 0 Å². The van der Waals surface area contributed by atoms with Crippen LogP contribution in [0.2, 0.25) is 0 Å². The molecule has 0 fully saturated rings. The van der Waals surface area contributed by atoms with E-state index >= 15 is 0 Å². The molecule has 112 valence electrons. The molecule has 0 unspecified atom stereocenters. The third-order valence-electron chi connectivity index (χ3n) is 3.67. The summed E-state index contributed by atoms with van der Waals surface area (Å²) in [6, 6.07) is 15.4. The summed E-state index contributed by atoms with van der Waals surface area (Å²) < 4.78 is 1.05. The van der Waals surface area contributed by atoms with Gasteiger partial charge in [0.1, 0.15) is 5.75 Å². The van der Waals surface area contributed by atoms with Gasteiger partial charge in [0.25, 0.3) is 0 Å². The second-order valence-corrected chi connectivity index (χ2v) is 7.30. The lowest BCUT2D eigenvalue weighted by Gasteiger charge is -1.91. The maximum Gasteiger partial charge on any atom is 0.200 e. The minimum Gasteiger partial charge on any atom is -0.506 e. The van der Waals surface area contributed by atoms with Gasteiger partial charge in [-0.25, -0.2) is 0 Å². The number of thioether (sulfide) groups is 1. The van der Waals surface area contributed by atoms with E-state index in [0.29, 0.717) is 10.7 Å². The van der Waals surface area contributed by atoms with E-state index in [2.05, 4.69) is 0 Å². The van der Waals surface area contributed by atoms with Gasteiger partial charge in [-0.15, -0.1) is 11.3 Å². The summed E-state index contributed by atoms with van der Waals surface area (Å²) >= 11 is 3.03. The highest BCUT2D eigenvalue weighted by molar-refractivity contribution is 8.04. The number of allylic oxidation sites excluding steroid dienone is 3. The van der Waals surface area contributed by atoms with Crippen molar-refractivity contribution in [2.24, 2.45) is 0 Å². The summed E-state index contributed by atoms with van der Waals surface area (Å²) in [6.45, 7) is 0. The van der Waals surface area contributed by atoms with Crippen molar-refractivity contribution in [1.82, 2.24) is 0 Å². The Morgan fingerprint density at radius 1 is 1.00 bits per heavy atom. The van der Waals surface area contributed by atoms with Crippen LogP contribution in [0.5, 0.6) is 5.75 Å². The molecule has 4 heteroatoms. The molecule has 2 heterocycles. The summed E-state index contributed by atoms with van der Waals surface area (Å²) in [6.07, 6.45) is 5.50. The Morgan fingerprint density at radius 2 is 1.78 bits per heavy atom. The van der Waals surface area contributed by atoms with Gasteiger partial charge in [0.05, 0.1) is 9.78 Å². The smallest absolute Gasteiger partial charge is 0.200 e. The summed E-state index contributed by atoms with van der Waals surface area (Å²) in [5.41, 5.74) is 0.766. The molecule has 1 aliphatic heterocycles. The number of aromatic hydroxyl groups is 1. The van der Waals surface area contributed by atoms with Gasteiger partial charge in [-0.2, -0.15) is 0 Å². The van der Waals surface area contributed by atoms with Crippen molar-refractivity contribution in [3.63, 3.8) is 0 Å². The molecule has 1 aliphatic rings. The van der Waals surface area contributed by atoms with E-state index in [0.717, 1.165) is 25.4 Å². The van der Waals surface area contributed by atoms with E-state index in [1.807, 2.05) is 66.8 Å². The van der Waals surface area contributed by atoms with Gasteiger partial charge in [-0.1, -0.05) is 42.1 Å². The van der Waals surface area contributed by atoms with Crippen LogP contribution in [0, 0.1) is 0 Å². The molecule has 0 amide bonds. The van der Waals surface area contributed by atoms with Crippen LogP contribution in [0.3, 0.4) is 0 Å². The highest BCUT2D eigenvalue weighted by Crippen LogP contribution is 2.40. The molecule has 0 saturated carbocycles. The fraction of sp³-hybridized carbons (Fsp3) is 0. The maximum atomic E-state index is 12.3. The molecule has 0 aliphatic carbocycles. The molecule has 23 heavy (non-hydrogen) atoms. The molecule has 0 saturated heterocycles. The van der Waals surface area contributed by atoms with Crippen LogP contribution in [-0.2, 0) is 0 Å². The zero-order chi connectivity index (χ0) is 15.8.